The molecular weight excluding hydrogens is 386 g/mol. The first-order valence-corrected chi connectivity index (χ1v) is 9.56. The lowest BCUT2D eigenvalue weighted by atomic mass is 10.1. The van der Waals surface area contributed by atoms with E-state index in [9.17, 15) is 9.59 Å². The molecule has 5 nitrogen and oxygen atoms in total. The van der Waals surface area contributed by atoms with Crippen LogP contribution in [0.4, 0.5) is 0 Å². The lowest BCUT2D eigenvalue weighted by molar-refractivity contribution is 0.0945. The molecule has 29 heavy (non-hydrogen) atoms. The van der Waals surface area contributed by atoms with Gasteiger partial charge in [-0.05, 0) is 29.3 Å². The predicted octanol–water partition coefficient (Wildman–Crippen LogP) is 4.03. The Morgan fingerprint density at radius 2 is 1.59 bits per heavy atom. The van der Waals surface area contributed by atoms with Crippen molar-refractivity contribution < 1.29 is 4.79 Å². The number of rotatable bonds is 5. The molecule has 0 aliphatic carbocycles. The van der Waals surface area contributed by atoms with E-state index in [4.69, 9.17) is 11.6 Å². The van der Waals surface area contributed by atoms with E-state index >= 15 is 0 Å². The van der Waals surface area contributed by atoms with Crippen LogP contribution in [0.1, 0.15) is 21.6 Å². The van der Waals surface area contributed by atoms with Crippen molar-refractivity contribution in [3.05, 3.63) is 111 Å². The number of aromatic nitrogens is 2. The average molecular weight is 404 g/mol. The minimum atomic E-state index is -0.344. The van der Waals surface area contributed by atoms with Crippen molar-refractivity contribution in [2.45, 2.75) is 13.1 Å². The second kappa shape index (κ2) is 8.29. The largest absolute Gasteiger partial charge is 0.347 e. The van der Waals surface area contributed by atoms with Crippen LogP contribution in [0, 0.1) is 0 Å². The number of hydrogen-bond acceptors (Lipinski definition) is 3. The minimum Gasteiger partial charge on any atom is -0.347 e. The number of carbonyl (C=O) groups is 1. The molecule has 1 aromatic heterocycles. The van der Waals surface area contributed by atoms with E-state index < -0.39 is 0 Å². The summed E-state index contributed by atoms with van der Waals surface area (Å²) in [6.45, 7) is 0.603. The zero-order chi connectivity index (χ0) is 20.2. The van der Waals surface area contributed by atoms with Gasteiger partial charge in [0.1, 0.15) is 0 Å². The highest BCUT2D eigenvalue weighted by atomic mass is 35.5. The highest BCUT2D eigenvalue weighted by Crippen LogP contribution is 2.15. The smallest absolute Gasteiger partial charge is 0.274 e. The molecule has 144 valence electrons. The summed E-state index contributed by atoms with van der Waals surface area (Å²) < 4.78 is 1.34. The van der Waals surface area contributed by atoms with Crippen molar-refractivity contribution in [1.29, 1.82) is 0 Å². The van der Waals surface area contributed by atoms with Crippen molar-refractivity contribution in [3.8, 4) is 0 Å². The number of nitrogens with zero attached hydrogens (tertiary/aromatic N) is 2. The molecule has 0 unspecified atom stereocenters. The first-order valence-electron chi connectivity index (χ1n) is 9.18. The molecule has 0 bridgehead atoms. The normalized spacial score (nSPS) is 10.8. The molecule has 4 aromatic rings. The predicted molar refractivity (Wildman–Crippen MR) is 114 cm³/mol. The van der Waals surface area contributed by atoms with E-state index in [1.807, 2.05) is 42.5 Å². The van der Waals surface area contributed by atoms with Crippen LogP contribution in [0.5, 0.6) is 0 Å². The van der Waals surface area contributed by atoms with Gasteiger partial charge in [0.25, 0.3) is 11.5 Å². The Morgan fingerprint density at radius 1 is 0.897 bits per heavy atom. The number of hydrogen-bond donors (Lipinski definition) is 1. The highest BCUT2D eigenvalue weighted by Gasteiger charge is 2.16. The van der Waals surface area contributed by atoms with Gasteiger partial charge < -0.3 is 5.32 Å². The first kappa shape index (κ1) is 18.9. The molecule has 0 atom stereocenters. The number of amides is 1. The van der Waals surface area contributed by atoms with Gasteiger partial charge in [0.15, 0.2) is 5.69 Å². The first-order chi connectivity index (χ1) is 14.1. The van der Waals surface area contributed by atoms with E-state index in [-0.39, 0.29) is 17.2 Å². The molecule has 0 fully saturated rings. The average Bonchev–Trinajstić information content (AvgIpc) is 2.75. The molecule has 0 aliphatic rings. The summed E-state index contributed by atoms with van der Waals surface area (Å²) >= 11 is 6.01. The number of benzene rings is 3. The summed E-state index contributed by atoms with van der Waals surface area (Å²) in [7, 11) is 0. The van der Waals surface area contributed by atoms with E-state index in [0.29, 0.717) is 28.9 Å². The van der Waals surface area contributed by atoms with E-state index in [0.717, 1.165) is 11.1 Å². The van der Waals surface area contributed by atoms with Crippen molar-refractivity contribution in [3.63, 3.8) is 0 Å². The number of carbonyl (C=O) groups excluding carboxylic acids is 1. The van der Waals surface area contributed by atoms with Gasteiger partial charge >= 0.3 is 0 Å². The summed E-state index contributed by atoms with van der Waals surface area (Å²) in [5.41, 5.74) is 1.81. The summed E-state index contributed by atoms with van der Waals surface area (Å²) in [4.78, 5) is 25.8. The maximum absolute atomic E-state index is 12.9. The van der Waals surface area contributed by atoms with Gasteiger partial charge in [-0.25, -0.2) is 4.68 Å². The van der Waals surface area contributed by atoms with Crippen LogP contribution in [-0.4, -0.2) is 15.7 Å². The Balaban J connectivity index is 1.69. The Bertz CT molecular complexity index is 1240. The zero-order valence-corrected chi connectivity index (χ0v) is 16.3. The van der Waals surface area contributed by atoms with Gasteiger partial charge in [0, 0.05) is 17.0 Å². The fourth-order valence-electron chi connectivity index (χ4n) is 3.18. The van der Waals surface area contributed by atoms with Crippen LogP contribution in [0.3, 0.4) is 0 Å². The third-order valence-corrected chi connectivity index (χ3v) is 4.84. The van der Waals surface area contributed by atoms with Crippen molar-refractivity contribution >= 4 is 28.3 Å². The van der Waals surface area contributed by atoms with Crippen LogP contribution in [0.25, 0.3) is 10.8 Å². The summed E-state index contributed by atoms with van der Waals surface area (Å²) in [6, 6.07) is 23.9. The molecule has 1 heterocycles. The Morgan fingerprint density at radius 3 is 2.34 bits per heavy atom. The molecule has 0 aliphatic heterocycles. The molecular formula is C23H18ClN3O2. The van der Waals surface area contributed by atoms with Crippen LogP contribution in [0.15, 0.2) is 83.7 Å². The second-order valence-electron chi connectivity index (χ2n) is 6.66. The molecule has 0 saturated carbocycles. The lowest BCUT2D eigenvalue weighted by Crippen LogP contribution is -2.30. The molecule has 3 aromatic carbocycles. The van der Waals surface area contributed by atoms with Gasteiger partial charge in [-0.3, -0.25) is 9.59 Å². The van der Waals surface area contributed by atoms with Gasteiger partial charge in [-0.2, -0.15) is 5.10 Å². The molecule has 1 N–H and O–H groups in total. The van der Waals surface area contributed by atoms with Gasteiger partial charge in [0.2, 0.25) is 0 Å². The minimum absolute atomic E-state index is 0.221. The maximum atomic E-state index is 12.9. The Kier molecular flexibility index (Phi) is 5.40. The molecule has 0 saturated heterocycles. The third kappa shape index (κ3) is 4.20. The topological polar surface area (TPSA) is 64.0 Å². The molecule has 0 spiro atoms. The van der Waals surface area contributed by atoms with Crippen molar-refractivity contribution in [2.24, 2.45) is 0 Å². The molecule has 6 heteroatoms. The SMILES string of the molecule is O=C(NCc1cccc(Cl)c1)c1nn(Cc2ccccc2)c(=O)c2ccccc12. The quantitative estimate of drug-likeness (QED) is 0.547. The molecule has 0 radical (unpaired) electrons. The summed E-state index contributed by atoms with van der Waals surface area (Å²) in [6.07, 6.45) is 0. The van der Waals surface area contributed by atoms with Crippen LogP contribution in [0.2, 0.25) is 5.02 Å². The van der Waals surface area contributed by atoms with E-state index in [1.165, 1.54) is 4.68 Å². The monoisotopic (exact) mass is 403 g/mol. The summed E-state index contributed by atoms with van der Waals surface area (Å²) in [5.74, 6) is -0.344. The zero-order valence-electron chi connectivity index (χ0n) is 15.5. The maximum Gasteiger partial charge on any atom is 0.274 e. The van der Waals surface area contributed by atoms with Crippen LogP contribution < -0.4 is 10.9 Å². The second-order valence-corrected chi connectivity index (χ2v) is 7.09. The highest BCUT2D eigenvalue weighted by molar-refractivity contribution is 6.30. The standard InChI is InChI=1S/C23H18ClN3O2/c24-18-10-6-9-17(13-18)14-25-22(28)21-19-11-4-5-12-20(19)23(29)27(26-21)15-16-7-2-1-3-8-16/h1-13H,14-15H2,(H,25,28). The lowest BCUT2D eigenvalue weighted by Gasteiger charge is -2.12. The van der Waals surface area contributed by atoms with Gasteiger partial charge in [-0.1, -0.05) is 72.3 Å². The third-order valence-electron chi connectivity index (χ3n) is 4.60. The molecule has 4 rings (SSSR count). The Hall–Kier alpha value is -3.44. The molecule has 1 amide bonds. The number of nitrogens with one attached hydrogen (secondary N) is 1. The number of halogens is 1. The fraction of sp³-hybridized carbons (Fsp3) is 0.0870. The van der Waals surface area contributed by atoms with Gasteiger partial charge in [-0.15, -0.1) is 0 Å². The van der Waals surface area contributed by atoms with Crippen LogP contribution in [-0.2, 0) is 13.1 Å². The summed E-state index contributed by atoms with van der Waals surface area (Å²) in [5, 5.41) is 8.87. The van der Waals surface area contributed by atoms with Crippen molar-refractivity contribution in [1.82, 2.24) is 15.1 Å². The van der Waals surface area contributed by atoms with Crippen molar-refractivity contribution in [2.75, 3.05) is 0 Å². The number of fused-ring (bicyclic) bond motifs is 1. The Labute approximate surface area is 172 Å². The van der Waals surface area contributed by atoms with E-state index in [1.54, 1.807) is 36.4 Å². The van der Waals surface area contributed by atoms with Gasteiger partial charge in [0.05, 0.1) is 11.9 Å². The van der Waals surface area contributed by atoms with Crippen LogP contribution >= 0.6 is 11.6 Å². The van der Waals surface area contributed by atoms with E-state index in [2.05, 4.69) is 10.4 Å². The fourth-order valence-corrected chi connectivity index (χ4v) is 3.39.